The summed E-state index contributed by atoms with van der Waals surface area (Å²) in [5.74, 6) is -0.300. The number of hydrogen-bond donors (Lipinski definition) is 0. The van der Waals surface area contributed by atoms with Crippen LogP contribution in [0, 0.1) is 12.2 Å². The molecule has 0 aliphatic rings. The molecule has 0 saturated heterocycles. The van der Waals surface area contributed by atoms with Crippen LogP contribution in [0.1, 0.15) is 29.5 Å². The molecule has 1 radical (unpaired) electrons. The highest BCUT2D eigenvalue weighted by atomic mass is 19.4. The van der Waals surface area contributed by atoms with E-state index in [0.717, 1.165) is 11.6 Å². The molecule has 0 unspecified atom stereocenters. The predicted octanol–water partition coefficient (Wildman–Crippen LogP) is 5.42. The summed E-state index contributed by atoms with van der Waals surface area (Å²) >= 11 is 0. The highest BCUT2D eigenvalue weighted by molar-refractivity contribution is 5.30. The van der Waals surface area contributed by atoms with Crippen LogP contribution in [0.3, 0.4) is 0 Å². The highest BCUT2D eigenvalue weighted by Gasteiger charge is 2.32. The van der Waals surface area contributed by atoms with Gasteiger partial charge in [0, 0.05) is 0 Å². The van der Waals surface area contributed by atoms with E-state index in [1.807, 2.05) is 6.42 Å². The summed E-state index contributed by atoms with van der Waals surface area (Å²) in [6.45, 7) is 0. The van der Waals surface area contributed by atoms with E-state index in [4.69, 9.17) is 0 Å². The number of hydrogen-bond acceptors (Lipinski definition) is 0. The smallest absolute Gasteiger partial charge is 0.207 e. The van der Waals surface area contributed by atoms with E-state index in [-0.39, 0.29) is 5.82 Å². The lowest BCUT2D eigenvalue weighted by Gasteiger charge is -2.12. The standard InChI is InChI=1S/C17H15F4/c18-15-11-9-13(10-12-15)5-1-2-6-14-7-3-4-8-16(14)17(19,20)21/h3-5,7-12H,1-2,6H2. The van der Waals surface area contributed by atoms with Gasteiger partial charge in [-0.2, -0.15) is 13.2 Å². The molecule has 21 heavy (non-hydrogen) atoms. The van der Waals surface area contributed by atoms with Crippen molar-refractivity contribution >= 4 is 0 Å². The van der Waals surface area contributed by atoms with Crippen LogP contribution in [0.4, 0.5) is 17.6 Å². The van der Waals surface area contributed by atoms with E-state index >= 15 is 0 Å². The summed E-state index contributed by atoms with van der Waals surface area (Å²) in [5, 5.41) is 0. The Balaban J connectivity index is 1.88. The zero-order valence-electron chi connectivity index (χ0n) is 11.3. The van der Waals surface area contributed by atoms with Crippen LogP contribution in [0.2, 0.25) is 0 Å². The molecule has 0 aromatic heterocycles. The second-order valence-corrected chi connectivity index (χ2v) is 4.80. The molecule has 0 aliphatic heterocycles. The maximum atomic E-state index is 12.8. The third-order valence-corrected chi connectivity index (χ3v) is 3.22. The van der Waals surface area contributed by atoms with Crippen molar-refractivity contribution in [1.29, 1.82) is 0 Å². The topological polar surface area (TPSA) is 0 Å². The van der Waals surface area contributed by atoms with E-state index in [1.54, 1.807) is 18.2 Å². The van der Waals surface area contributed by atoms with Gasteiger partial charge < -0.3 is 0 Å². The van der Waals surface area contributed by atoms with Gasteiger partial charge in [0.2, 0.25) is 0 Å². The van der Waals surface area contributed by atoms with Crippen molar-refractivity contribution in [2.24, 2.45) is 0 Å². The molecular formula is C17H15F4. The lowest BCUT2D eigenvalue weighted by atomic mass is 9.99. The Hall–Kier alpha value is -1.84. The monoisotopic (exact) mass is 295 g/mol. The molecule has 0 fully saturated rings. The average Bonchev–Trinajstić information content (AvgIpc) is 2.45. The first-order chi connectivity index (χ1) is 9.97. The minimum atomic E-state index is -4.31. The summed E-state index contributed by atoms with van der Waals surface area (Å²) in [6, 6.07) is 11.7. The molecule has 0 N–H and O–H groups in total. The molecule has 2 rings (SSSR count). The minimum absolute atomic E-state index is 0.300. The van der Waals surface area contributed by atoms with Crippen molar-refractivity contribution in [2.75, 3.05) is 0 Å². The maximum absolute atomic E-state index is 12.8. The van der Waals surface area contributed by atoms with Gasteiger partial charge in [-0.15, -0.1) is 0 Å². The lowest BCUT2D eigenvalue weighted by Crippen LogP contribution is -2.08. The van der Waals surface area contributed by atoms with E-state index in [9.17, 15) is 17.6 Å². The second-order valence-electron chi connectivity index (χ2n) is 4.80. The number of alkyl halides is 3. The zero-order chi connectivity index (χ0) is 15.3. The van der Waals surface area contributed by atoms with E-state index in [2.05, 4.69) is 0 Å². The lowest BCUT2D eigenvalue weighted by molar-refractivity contribution is -0.138. The van der Waals surface area contributed by atoms with Gasteiger partial charge in [-0.25, -0.2) is 4.39 Å². The number of halogens is 4. The fraction of sp³-hybridized carbons (Fsp3) is 0.235. The summed E-state index contributed by atoms with van der Waals surface area (Å²) in [6.07, 6.45) is -0.775. The molecule has 0 amide bonds. The Morgan fingerprint density at radius 1 is 0.905 bits per heavy atom. The van der Waals surface area contributed by atoms with Gasteiger partial charge in [-0.05, 0) is 55.0 Å². The molecular weight excluding hydrogens is 280 g/mol. The third kappa shape index (κ3) is 4.59. The van der Waals surface area contributed by atoms with Gasteiger partial charge in [0.15, 0.2) is 0 Å². The van der Waals surface area contributed by atoms with Crippen LogP contribution in [0.15, 0.2) is 48.5 Å². The van der Waals surface area contributed by atoms with Crippen molar-refractivity contribution in [3.8, 4) is 0 Å². The van der Waals surface area contributed by atoms with Crippen molar-refractivity contribution in [2.45, 2.75) is 25.4 Å². The van der Waals surface area contributed by atoms with Gasteiger partial charge in [0.1, 0.15) is 5.82 Å². The number of aryl methyl sites for hydroxylation is 1. The van der Waals surface area contributed by atoms with Gasteiger partial charge in [0.25, 0.3) is 0 Å². The maximum Gasteiger partial charge on any atom is 0.416 e. The first-order valence-electron chi connectivity index (χ1n) is 6.71. The fourth-order valence-electron chi connectivity index (χ4n) is 2.17. The fourth-order valence-corrected chi connectivity index (χ4v) is 2.17. The molecule has 0 nitrogen and oxygen atoms in total. The Morgan fingerprint density at radius 3 is 2.24 bits per heavy atom. The van der Waals surface area contributed by atoms with Gasteiger partial charge in [-0.3, -0.25) is 0 Å². The second kappa shape index (κ2) is 6.74. The minimum Gasteiger partial charge on any atom is -0.207 e. The highest BCUT2D eigenvalue weighted by Crippen LogP contribution is 2.32. The van der Waals surface area contributed by atoms with Crippen LogP contribution in [-0.4, -0.2) is 0 Å². The quantitative estimate of drug-likeness (QED) is 0.510. The Labute approximate surface area is 121 Å². The number of rotatable bonds is 5. The van der Waals surface area contributed by atoms with E-state index in [0.29, 0.717) is 24.8 Å². The third-order valence-electron chi connectivity index (χ3n) is 3.22. The summed E-state index contributed by atoms with van der Waals surface area (Å²) < 4.78 is 51.2. The largest absolute Gasteiger partial charge is 0.416 e. The molecule has 0 heterocycles. The predicted molar refractivity (Wildman–Crippen MR) is 74.2 cm³/mol. The Morgan fingerprint density at radius 2 is 1.57 bits per heavy atom. The summed E-state index contributed by atoms with van der Waals surface area (Å²) in [5.41, 5.74) is 0.629. The van der Waals surface area contributed by atoms with Crippen LogP contribution < -0.4 is 0 Å². The van der Waals surface area contributed by atoms with Crippen LogP contribution in [0.25, 0.3) is 0 Å². The molecule has 0 bridgehead atoms. The number of benzene rings is 2. The molecule has 0 atom stereocenters. The van der Waals surface area contributed by atoms with Crippen molar-refractivity contribution < 1.29 is 17.6 Å². The van der Waals surface area contributed by atoms with E-state index in [1.165, 1.54) is 24.3 Å². The Bertz CT molecular complexity index is 570. The first-order valence-corrected chi connectivity index (χ1v) is 6.71. The number of unbranched alkanes of at least 4 members (excludes halogenated alkanes) is 1. The molecule has 0 spiro atoms. The molecule has 4 heteroatoms. The van der Waals surface area contributed by atoms with E-state index < -0.39 is 11.7 Å². The molecule has 111 valence electrons. The van der Waals surface area contributed by atoms with Crippen molar-refractivity contribution in [1.82, 2.24) is 0 Å². The Kier molecular flexibility index (Phi) is 4.99. The first kappa shape index (κ1) is 15.5. The van der Waals surface area contributed by atoms with Crippen LogP contribution in [-0.2, 0) is 12.6 Å². The molecule has 2 aromatic rings. The molecule has 2 aromatic carbocycles. The van der Waals surface area contributed by atoms with Gasteiger partial charge >= 0.3 is 6.18 Å². The van der Waals surface area contributed by atoms with Crippen molar-refractivity contribution in [3.05, 3.63) is 77.5 Å². The van der Waals surface area contributed by atoms with Crippen LogP contribution >= 0.6 is 0 Å². The van der Waals surface area contributed by atoms with Crippen molar-refractivity contribution in [3.63, 3.8) is 0 Å². The summed E-state index contributed by atoms with van der Waals surface area (Å²) in [7, 11) is 0. The average molecular weight is 295 g/mol. The SMILES string of the molecule is Fc1ccc([CH]CCCc2ccccc2C(F)(F)F)cc1. The van der Waals surface area contributed by atoms with Gasteiger partial charge in [-0.1, -0.05) is 30.3 Å². The molecule has 0 saturated carbocycles. The summed E-state index contributed by atoms with van der Waals surface area (Å²) in [4.78, 5) is 0. The molecule has 0 aliphatic carbocycles. The normalized spacial score (nSPS) is 11.6. The van der Waals surface area contributed by atoms with Crippen LogP contribution in [0.5, 0.6) is 0 Å². The van der Waals surface area contributed by atoms with Gasteiger partial charge in [0.05, 0.1) is 5.56 Å². The zero-order valence-corrected chi connectivity index (χ0v) is 11.3.